The summed E-state index contributed by atoms with van der Waals surface area (Å²) < 4.78 is 25.6. The van der Waals surface area contributed by atoms with Crippen LogP contribution in [0.3, 0.4) is 0 Å². The van der Waals surface area contributed by atoms with Gasteiger partial charge in [0.2, 0.25) is 5.95 Å². The lowest BCUT2D eigenvalue weighted by molar-refractivity contribution is 0.531. The summed E-state index contributed by atoms with van der Waals surface area (Å²) in [5.41, 5.74) is 5.32. The van der Waals surface area contributed by atoms with Crippen molar-refractivity contribution in [2.45, 2.75) is 18.4 Å². The lowest BCUT2D eigenvalue weighted by Gasteiger charge is -2.08. The lowest BCUT2D eigenvalue weighted by atomic mass is 10.1. The van der Waals surface area contributed by atoms with E-state index in [0.717, 1.165) is 12.3 Å². The topological polar surface area (TPSA) is 38.9 Å². The maximum Gasteiger partial charge on any atom is 0.213 e. The number of rotatable bonds is 1. The summed E-state index contributed by atoms with van der Waals surface area (Å²) in [7, 11) is 0. The highest BCUT2D eigenvalue weighted by Gasteiger charge is 2.42. The normalized spacial score (nSPS) is 19.2. The average Bonchev–Trinajstić information content (AvgIpc) is 2.75. The third kappa shape index (κ3) is 1.08. The smallest absolute Gasteiger partial charge is 0.213 e. The van der Waals surface area contributed by atoms with Gasteiger partial charge in [-0.15, -0.1) is 0 Å². The van der Waals surface area contributed by atoms with E-state index >= 15 is 0 Å². The molecule has 0 amide bonds. The molecule has 2 nitrogen and oxygen atoms in total. The van der Waals surface area contributed by atoms with E-state index in [4.69, 9.17) is 5.73 Å². The molecule has 64 valence electrons. The SMILES string of the molecule is NC1(c2cc(F)ncc2F)CC1. The van der Waals surface area contributed by atoms with E-state index in [-0.39, 0.29) is 5.56 Å². The molecular formula is C8H8F2N2. The van der Waals surface area contributed by atoms with Crippen molar-refractivity contribution in [1.29, 1.82) is 0 Å². The summed E-state index contributed by atoms with van der Waals surface area (Å²) in [6.45, 7) is 0. The fourth-order valence-corrected chi connectivity index (χ4v) is 1.20. The van der Waals surface area contributed by atoms with E-state index in [9.17, 15) is 8.78 Å². The first-order chi connectivity index (χ1) is 5.62. The molecule has 1 aliphatic carbocycles. The van der Waals surface area contributed by atoms with Crippen LogP contribution in [0.1, 0.15) is 18.4 Å². The minimum Gasteiger partial charge on any atom is -0.321 e. The zero-order chi connectivity index (χ0) is 8.77. The number of nitrogens with zero attached hydrogens (tertiary/aromatic N) is 1. The Hall–Kier alpha value is -1.03. The van der Waals surface area contributed by atoms with Gasteiger partial charge in [0.15, 0.2) is 0 Å². The van der Waals surface area contributed by atoms with Gasteiger partial charge < -0.3 is 5.73 Å². The Bertz CT molecular complexity index is 321. The van der Waals surface area contributed by atoms with Crippen molar-refractivity contribution >= 4 is 0 Å². The zero-order valence-corrected chi connectivity index (χ0v) is 6.35. The Morgan fingerprint density at radius 1 is 1.42 bits per heavy atom. The number of nitrogens with two attached hydrogens (primary N) is 1. The minimum absolute atomic E-state index is 0.245. The van der Waals surface area contributed by atoms with Crippen LogP contribution in [-0.2, 0) is 5.54 Å². The van der Waals surface area contributed by atoms with Gasteiger partial charge in [-0.1, -0.05) is 0 Å². The molecule has 0 radical (unpaired) electrons. The van der Waals surface area contributed by atoms with Crippen LogP contribution in [0.15, 0.2) is 12.3 Å². The number of aromatic nitrogens is 1. The molecule has 12 heavy (non-hydrogen) atoms. The molecule has 1 aromatic heterocycles. The molecule has 2 N–H and O–H groups in total. The van der Waals surface area contributed by atoms with Gasteiger partial charge >= 0.3 is 0 Å². The van der Waals surface area contributed by atoms with Crippen molar-refractivity contribution in [3.63, 3.8) is 0 Å². The molecule has 1 aromatic rings. The largest absolute Gasteiger partial charge is 0.321 e. The molecule has 1 aliphatic rings. The second kappa shape index (κ2) is 2.23. The summed E-state index contributed by atoms with van der Waals surface area (Å²) in [4.78, 5) is 3.18. The predicted octanol–water partition coefficient (Wildman–Crippen LogP) is 1.31. The van der Waals surface area contributed by atoms with Gasteiger partial charge in [0.05, 0.1) is 6.20 Å². The summed E-state index contributed by atoms with van der Waals surface area (Å²) in [5, 5.41) is 0. The molecule has 0 bridgehead atoms. The second-order valence-electron chi connectivity index (χ2n) is 3.14. The van der Waals surface area contributed by atoms with Crippen LogP contribution in [0.2, 0.25) is 0 Å². The fourth-order valence-electron chi connectivity index (χ4n) is 1.20. The van der Waals surface area contributed by atoms with Crippen LogP contribution in [0.4, 0.5) is 8.78 Å². The molecule has 2 rings (SSSR count). The van der Waals surface area contributed by atoms with Crippen molar-refractivity contribution < 1.29 is 8.78 Å². The van der Waals surface area contributed by atoms with Gasteiger partial charge in [0, 0.05) is 17.2 Å². The molecular weight excluding hydrogens is 162 g/mol. The van der Waals surface area contributed by atoms with Gasteiger partial charge in [-0.2, -0.15) is 4.39 Å². The molecule has 0 atom stereocenters. The third-order valence-corrected chi connectivity index (χ3v) is 2.15. The van der Waals surface area contributed by atoms with Crippen LogP contribution in [0, 0.1) is 11.8 Å². The maximum atomic E-state index is 13.0. The zero-order valence-electron chi connectivity index (χ0n) is 6.35. The summed E-state index contributed by atoms with van der Waals surface area (Å²) >= 11 is 0. The molecule has 1 fully saturated rings. The average molecular weight is 170 g/mol. The number of halogens is 2. The van der Waals surface area contributed by atoms with Crippen LogP contribution in [0.5, 0.6) is 0 Å². The van der Waals surface area contributed by atoms with Crippen LogP contribution in [0.25, 0.3) is 0 Å². The Balaban J connectivity index is 2.48. The van der Waals surface area contributed by atoms with Crippen LogP contribution < -0.4 is 5.73 Å². The number of hydrogen-bond donors (Lipinski definition) is 1. The molecule has 1 heterocycles. The minimum atomic E-state index is -0.678. The molecule has 0 spiro atoms. The van der Waals surface area contributed by atoms with Gasteiger partial charge in [0.1, 0.15) is 5.82 Å². The summed E-state index contributed by atoms with van der Waals surface area (Å²) in [6.07, 6.45) is 2.30. The second-order valence-corrected chi connectivity index (χ2v) is 3.14. The monoisotopic (exact) mass is 170 g/mol. The Morgan fingerprint density at radius 2 is 2.08 bits per heavy atom. The highest BCUT2D eigenvalue weighted by Crippen LogP contribution is 2.43. The van der Waals surface area contributed by atoms with Crippen molar-refractivity contribution in [1.82, 2.24) is 4.98 Å². The number of hydrogen-bond acceptors (Lipinski definition) is 2. The molecule has 0 aliphatic heterocycles. The highest BCUT2D eigenvalue weighted by molar-refractivity contribution is 5.28. The molecule has 4 heteroatoms. The number of pyridine rings is 1. The van der Waals surface area contributed by atoms with Crippen molar-refractivity contribution in [3.05, 3.63) is 29.6 Å². The van der Waals surface area contributed by atoms with Crippen molar-refractivity contribution in [2.75, 3.05) is 0 Å². The van der Waals surface area contributed by atoms with E-state index in [0.29, 0.717) is 12.8 Å². The first kappa shape index (κ1) is 7.61. The quantitative estimate of drug-likeness (QED) is 0.645. The first-order valence-electron chi connectivity index (χ1n) is 3.72. The Morgan fingerprint density at radius 3 is 2.67 bits per heavy atom. The summed E-state index contributed by atoms with van der Waals surface area (Å²) in [5.74, 6) is -1.19. The third-order valence-electron chi connectivity index (χ3n) is 2.15. The van der Waals surface area contributed by atoms with E-state index < -0.39 is 17.3 Å². The standard InChI is InChI=1S/C8H8F2N2/c9-6-4-12-7(10)3-5(6)8(11)1-2-8/h3-4H,1-2,11H2. The van der Waals surface area contributed by atoms with Gasteiger partial charge in [0.25, 0.3) is 0 Å². The fraction of sp³-hybridized carbons (Fsp3) is 0.375. The van der Waals surface area contributed by atoms with E-state index in [1.165, 1.54) is 0 Å². The predicted molar refractivity (Wildman–Crippen MR) is 39.3 cm³/mol. The maximum absolute atomic E-state index is 13.0. The van der Waals surface area contributed by atoms with Gasteiger partial charge in [-0.3, -0.25) is 0 Å². The van der Waals surface area contributed by atoms with E-state index in [2.05, 4.69) is 4.98 Å². The Labute approximate surface area is 68.4 Å². The van der Waals surface area contributed by atoms with Crippen molar-refractivity contribution in [2.24, 2.45) is 5.73 Å². The molecule has 0 saturated heterocycles. The molecule has 0 aromatic carbocycles. The van der Waals surface area contributed by atoms with Crippen molar-refractivity contribution in [3.8, 4) is 0 Å². The first-order valence-corrected chi connectivity index (χ1v) is 3.72. The lowest BCUT2D eigenvalue weighted by Crippen LogP contribution is -2.20. The molecule has 0 unspecified atom stereocenters. The molecule has 1 saturated carbocycles. The van der Waals surface area contributed by atoms with Crippen LogP contribution in [-0.4, -0.2) is 4.98 Å². The van der Waals surface area contributed by atoms with Gasteiger partial charge in [-0.25, -0.2) is 9.37 Å². The van der Waals surface area contributed by atoms with E-state index in [1.54, 1.807) is 0 Å². The van der Waals surface area contributed by atoms with Gasteiger partial charge in [-0.05, 0) is 12.8 Å². The van der Waals surface area contributed by atoms with E-state index in [1.807, 2.05) is 0 Å². The Kier molecular flexibility index (Phi) is 1.41. The summed E-state index contributed by atoms with van der Waals surface area (Å²) in [6, 6.07) is 1.07. The van der Waals surface area contributed by atoms with Crippen LogP contribution >= 0.6 is 0 Å². The highest BCUT2D eigenvalue weighted by atomic mass is 19.1.